The Balaban J connectivity index is 0.000000214. The Kier molecular flexibility index (Phi) is 26.8. The molecule has 8 N–H and O–H groups in total. The first kappa shape index (κ1) is 82.8. The Morgan fingerprint density at radius 2 is 0.980 bits per heavy atom. The van der Waals surface area contributed by atoms with Crippen LogP contribution < -0.4 is 16.4 Å². The molecule has 11 amide bonds. The normalized spacial score (nSPS) is 25.4. The molecule has 8 fully saturated rings. The number of amides is 11. The smallest absolute Gasteiger partial charge is 0.408 e. The second kappa shape index (κ2) is 33.1. The average molecular weight is 1440 g/mol. The van der Waals surface area contributed by atoms with Crippen molar-refractivity contribution in [2.24, 2.45) is 23.5 Å². The molecule has 2 aromatic rings. The fourth-order valence-electron chi connectivity index (χ4n) is 14.5. The molecule has 10 heterocycles. The zero-order valence-electron chi connectivity index (χ0n) is 61.2. The Morgan fingerprint density at radius 3 is 1.34 bits per heavy atom. The molecule has 0 radical (unpaired) electrons. The fourth-order valence-corrected chi connectivity index (χ4v) is 14.5. The number of aliphatic hydroxyl groups is 4. The topological polar surface area (TPSA) is 428 Å². The lowest BCUT2D eigenvalue weighted by molar-refractivity contribution is -0.177. The van der Waals surface area contributed by atoms with E-state index in [1.807, 2.05) is 11.8 Å². The van der Waals surface area contributed by atoms with Gasteiger partial charge in [-0.3, -0.25) is 43.2 Å². The molecule has 102 heavy (non-hydrogen) atoms. The van der Waals surface area contributed by atoms with Crippen LogP contribution >= 0.6 is 0 Å². The first-order valence-corrected chi connectivity index (χ1v) is 35.1. The minimum atomic E-state index is -1.31. The molecule has 5 unspecified atom stereocenters. The van der Waals surface area contributed by atoms with Crippen LogP contribution in [-0.2, 0) is 65.7 Å². The predicted molar refractivity (Wildman–Crippen MR) is 366 cm³/mol. The van der Waals surface area contributed by atoms with Crippen molar-refractivity contribution in [3.8, 4) is 0 Å². The first-order chi connectivity index (χ1) is 47.1. The number of β-lactam (4-membered cyclic amide) rings is 4. The standard InChI is InChI=1S/C19H32N4O7.C19H33N3O4.C16H22N4O3.C14H20N4O4.CH4/c1-10(24)12(21-17(29)30-18(3,4)5)15(27)23-8-6-7-19(23)9-22(16(19)28)13(11(2)25)14(20)26;1-7-14(20-17(25)26-18(4,5)6)15(23)22-10-8-9-19(22)12-21(16(19)24)11-13(2)3;1-11(12(2)21)14(22)20-8-3-5-16(20)10-19(15(16)23)9-13-17-6-4-7-18-13;1-9(10(2)19)12(20)18-5-3-4-14(18)7-17(13(14)21)6-11-16-15-8-22-11;/h10-13,24-25H,6-9H2,1-5H3,(H2,20,26)(H,21,29);13-14H,7-12H2,1-6H3,(H,20,25);4,6-7,11-12,21H,3,5,8-10H2,1-2H3;8-10,19H,3-7H2,1-2H3;1H4/t10-,11-,12+,13?,19?;14-,19?;11-,12+,16?;9-,10+,14?;/m1000./s1. The van der Waals surface area contributed by atoms with Gasteiger partial charge in [0.05, 0.1) is 75.5 Å². The van der Waals surface area contributed by atoms with Gasteiger partial charge in [-0.05, 0) is 139 Å². The molecule has 0 aliphatic carbocycles. The number of rotatable bonds is 19. The minimum absolute atomic E-state index is 0. The van der Waals surface area contributed by atoms with Crippen LogP contribution in [0.3, 0.4) is 0 Å². The SMILES string of the molecule is C.CC[C@H](NC(=O)OC(C)(C)C)C(=O)N1CCCC12CN(CC(C)C)C2=O.C[C@@H](O)C(C(N)=O)N1CC2(CCCN2C(=O)[C@@H](NC(=O)OC(C)(C)C)[C@@H](C)O)C1=O.C[C@H](C(=O)N1CCCC12CN(Cc1ncccn1)C2=O)[C@@H](C)O.C[C@H](C(=O)N1CCCC12CN(Cc1nnco1)C2=O)[C@@H](C)O. The van der Waals surface area contributed by atoms with Crippen molar-refractivity contribution >= 4 is 65.4 Å². The summed E-state index contributed by atoms with van der Waals surface area (Å²) in [5, 5.41) is 51.6. The van der Waals surface area contributed by atoms with Crippen molar-refractivity contribution in [2.75, 3.05) is 58.9 Å². The largest absolute Gasteiger partial charge is 0.444 e. The van der Waals surface area contributed by atoms with Crippen LogP contribution in [-0.4, -0.2) is 280 Å². The quantitative estimate of drug-likeness (QED) is 0.0979. The summed E-state index contributed by atoms with van der Waals surface area (Å²) in [7, 11) is 0. The van der Waals surface area contributed by atoms with Crippen LogP contribution in [0.15, 0.2) is 29.3 Å². The highest BCUT2D eigenvalue weighted by Gasteiger charge is 2.65. The number of likely N-dealkylation sites (tertiary alicyclic amines) is 8. The second-order valence-electron chi connectivity index (χ2n) is 30.5. The maximum Gasteiger partial charge on any atom is 0.408 e. The molecule has 13 atom stereocenters. The van der Waals surface area contributed by atoms with Gasteiger partial charge in [0.25, 0.3) is 23.6 Å². The Bertz CT molecular complexity index is 3330. The van der Waals surface area contributed by atoms with Crippen LogP contribution in [0.4, 0.5) is 9.59 Å². The number of nitrogens with zero attached hydrogens (tertiary/aromatic N) is 12. The highest BCUT2D eigenvalue weighted by molar-refractivity contribution is 6.02. The van der Waals surface area contributed by atoms with Gasteiger partial charge in [-0.1, -0.05) is 42.0 Å². The van der Waals surface area contributed by atoms with E-state index in [1.54, 1.807) is 112 Å². The highest BCUT2D eigenvalue weighted by Crippen LogP contribution is 2.44. The maximum absolute atomic E-state index is 13.2. The molecular formula is C69H111N15O18. The number of aromatic nitrogens is 4. The van der Waals surface area contributed by atoms with Gasteiger partial charge < -0.3 is 89.9 Å². The number of hydrogen-bond acceptors (Lipinski definition) is 22. The lowest BCUT2D eigenvalue weighted by atomic mass is 9.83. The molecule has 2 aromatic heterocycles. The van der Waals surface area contributed by atoms with Crippen LogP contribution in [0.2, 0.25) is 0 Å². The minimum Gasteiger partial charge on any atom is -0.444 e. The zero-order chi connectivity index (χ0) is 75.2. The van der Waals surface area contributed by atoms with Crippen LogP contribution in [0.1, 0.15) is 181 Å². The summed E-state index contributed by atoms with van der Waals surface area (Å²) in [4.78, 5) is 159. The Labute approximate surface area is 597 Å². The molecule has 8 saturated heterocycles. The van der Waals surface area contributed by atoms with E-state index in [4.69, 9.17) is 19.6 Å². The van der Waals surface area contributed by atoms with Gasteiger partial charge >= 0.3 is 12.2 Å². The van der Waals surface area contributed by atoms with E-state index in [0.717, 1.165) is 30.7 Å². The van der Waals surface area contributed by atoms with Gasteiger partial charge in [0, 0.05) is 45.1 Å². The van der Waals surface area contributed by atoms with Crippen molar-refractivity contribution in [3.05, 3.63) is 36.6 Å². The van der Waals surface area contributed by atoms with Crippen molar-refractivity contribution in [1.29, 1.82) is 0 Å². The summed E-state index contributed by atoms with van der Waals surface area (Å²) in [6.07, 6.45) is 5.10. The molecular weight excluding hydrogens is 1330 g/mol. The Hall–Kier alpha value is -8.17. The third-order valence-corrected chi connectivity index (χ3v) is 19.9. The monoisotopic (exact) mass is 1440 g/mol. The number of alkyl carbamates (subject to hydrolysis) is 2. The van der Waals surface area contributed by atoms with E-state index >= 15 is 0 Å². The fraction of sp³-hybridized carbons (Fsp3) is 0.754. The van der Waals surface area contributed by atoms with Crippen molar-refractivity contribution in [1.82, 2.24) is 70.0 Å². The third kappa shape index (κ3) is 17.7. The molecule has 0 saturated carbocycles. The van der Waals surface area contributed by atoms with E-state index in [2.05, 4.69) is 44.6 Å². The van der Waals surface area contributed by atoms with Crippen LogP contribution in [0.5, 0.6) is 0 Å². The lowest BCUT2D eigenvalue weighted by Crippen LogP contribution is -2.78. The van der Waals surface area contributed by atoms with Crippen molar-refractivity contribution in [2.45, 2.75) is 258 Å². The number of ether oxygens (including phenoxy) is 2. The highest BCUT2D eigenvalue weighted by atomic mass is 16.6. The molecule has 0 bridgehead atoms. The van der Waals surface area contributed by atoms with E-state index in [9.17, 15) is 73.2 Å². The van der Waals surface area contributed by atoms with E-state index in [-0.39, 0.29) is 62.5 Å². The number of nitrogens with two attached hydrogens (primary N) is 1. The zero-order valence-corrected chi connectivity index (χ0v) is 61.2. The summed E-state index contributed by atoms with van der Waals surface area (Å²) >= 11 is 0. The molecule has 4 spiro atoms. The molecule has 10 rings (SSSR count). The van der Waals surface area contributed by atoms with Crippen LogP contribution in [0.25, 0.3) is 0 Å². The number of aliphatic hydroxyl groups excluding tert-OH is 4. The number of hydrogen-bond donors (Lipinski definition) is 7. The second-order valence-corrected chi connectivity index (χ2v) is 30.5. The Morgan fingerprint density at radius 1 is 0.569 bits per heavy atom. The van der Waals surface area contributed by atoms with Gasteiger partial charge in [-0.2, -0.15) is 0 Å². The van der Waals surface area contributed by atoms with Crippen molar-refractivity contribution in [3.63, 3.8) is 0 Å². The average Bonchev–Trinajstić information content (AvgIpc) is 1.44. The summed E-state index contributed by atoms with van der Waals surface area (Å²) in [5.41, 5.74) is 0.576. The molecule has 33 nitrogen and oxygen atoms in total. The number of primary amides is 1. The van der Waals surface area contributed by atoms with E-state index in [1.165, 1.54) is 25.1 Å². The van der Waals surface area contributed by atoms with Gasteiger partial charge in [0.15, 0.2) is 0 Å². The number of carbonyl (C=O) groups excluding carboxylic acids is 11. The lowest BCUT2D eigenvalue weighted by Gasteiger charge is -2.54. The van der Waals surface area contributed by atoms with E-state index in [0.29, 0.717) is 102 Å². The first-order valence-electron chi connectivity index (χ1n) is 35.1. The summed E-state index contributed by atoms with van der Waals surface area (Å²) in [6, 6.07) is -1.43. The summed E-state index contributed by atoms with van der Waals surface area (Å²) in [6.45, 7) is 30.6. The molecule has 8 aliphatic rings. The number of nitrogens with one attached hydrogen (secondary N) is 2. The van der Waals surface area contributed by atoms with Gasteiger partial charge in [-0.25, -0.2) is 19.6 Å². The van der Waals surface area contributed by atoms with Gasteiger partial charge in [0.1, 0.15) is 57.3 Å². The molecule has 570 valence electrons. The summed E-state index contributed by atoms with van der Waals surface area (Å²) < 4.78 is 15.5. The molecule has 33 heteroatoms. The third-order valence-electron chi connectivity index (χ3n) is 19.9. The van der Waals surface area contributed by atoms with Gasteiger partial charge in [0.2, 0.25) is 41.8 Å². The predicted octanol–water partition coefficient (Wildman–Crippen LogP) is 1.47. The van der Waals surface area contributed by atoms with Crippen LogP contribution in [0, 0.1) is 17.8 Å². The van der Waals surface area contributed by atoms with Crippen molar-refractivity contribution < 1.29 is 87.1 Å². The molecule has 8 aliphatic heterocycles. The number of carbonyl (C=O) groups is 11. The maximum atomic E-state index is 13.2. The summed E-state index contributed by atoms with van der Waals surface area (Å²) in [5.74, 6) is -2.09. The van der Waals surface area contributed by atoms with Gasteiger partial charge in [-0.15, -0.1) is 10.2 Å². The molecule has 0 aromatic carbocycles. The van der Waals surface area contributed by atoms with E-state index < -0.39 is 118 Å².